The Hall–Kier alpha value is -4.13. The van der Waals surface area contributed by atoms with Gasteiger partial charge < -0.3 is 19.4 Å². The SMILES string of the molecule is COc1cccc(C(=O)N2CC(c3ccc(C(=O)NCc4ccn5ccnc5c4)cc3)C2)c1. The lowest BCUT2D eigenvalue weighted by molar-refractivity contribution is 0.0602. The Bertz CT molecular complexity index is 1310. The number of carbonyl (C=O) groups excluding carboxylic acids is 2. The molecular weight excluding hydrogens is 416 g/mol. The maximum Gasteiger partial charge on any atom is 0.254 e. The van der Waals surface area contributed by atoms with Gasteiger partial charge in [0.1, 0.15) is 11.4 Å². The Balaban J connectivity index is 1.15. The van der Waals surface area contributed by atoms with Crippen LogP contribution in [0.1, 0.15) is 37.8 Å². The number of amides is 2. The van der Waals surface area contributed by atoms with E-state index < -0.39 is 0 Å². The number of ether oxygens (including phenoxy) is 1. The van der Waals surface area contributed by atoms with Gasteiger partial charge in [-0.15, -0.1) is 0 Å². The largest absolute Gasteiger partial charge is 0.497 e. The maximum atomic E-state index is 12.7. The number of likely N-dealkylation sites (tertiary alicyclic amines) is 1. The van der Waals surface area contributed by atoms with Gasteiger partial charge in [0.2, 0.25) is 0 Å². The van der Waals surface area contributed by atoms with E-state index in [1.54, 1.807) is 25.4 Å². The molecule has 4 aromatic rings. The number of rotatable bonds is 6. The van der Waals surface area contributed by atoms with Gasteiger partial charge in [0.25, 0.3) is 11.8 Å². The molecule has 1 saturated heterocycles. The Labute approximate surface area is 191 Å². The summed E-state index contributed by atoms with van der Waals surface area (Å²) in [5, 5.41) is 2.96. The maximum absolute atomic E-state index is 12.7. The second-order valence-corrected chi connectivity index (χ2v) is 8.17. The summed E-state index contributed by atoms with van der Waals surface area (Å²) in [6.07, 6.45) is 5.56. The van der Waals surface area contributed by atoms with Gasteiger partial charge in [0, 0.05) is 55.3 Å². The van der Waals surface area contributed by atoms with Gasteiger partial charge in [0.15, 0.2) is 0 Å². The van der Waals surface area contributed by atoms with Crippen LogP contribution in [0.4, 0.5) is 0 Å². The molecule has 166 valence electrons. The average molecular weight is 441 g/mol. The monoisotopic (exact) mass is 440 g/mol. The van der Waals surface area contributed by atoms with Gasteiger partial charge in [-0.25, -0.2) is 4.98 Å². The number of benzene rings is 2. The lowest BCUT2D eigenvalue weighted by Gasteiger charge is -2.39. The highest BCUT2D eigenvalue weighted by atomic mass is 16.5. The van der Waals surface area contributed by atoms with E-state index >= 15 is 0 Å². The van der Waals surface area contributed by atoms with Crippen LogP contribution in [0, 0.1) is 0 Å². The quantitative estimate of drug-likeness (QED) is 0.498. The van der Waals surface area contributed by atoms with Crippen LogP contribution in [-0.2, 0) is 6.54 Å². The summed E-state index contributed by atoms with van der Waals surface area (Å²) in [5.74, 6) is 0.842. The van der Waals surface area contributed by atoms with E-state index in [4.69, 9.17) is 4.74 Å². The first-order valence-corrected chi connectivity index (χ1v) is 10.8. The standard InChI is InChI=1S/C26H24N4O3/c1-33-23-4-2-3-21(14-23)26(32)30-16-22(17-30)19-5-7-20(8-6-19)25(31)28-15-18-9-11-29-12-10-27-24(29)13-18/h2-14,22H,15-17H2,1H3,(H,28,31). The van der Waals surface area contributed by atoms with Crippen LogP contribution in [0.25, 0.3) is 5.65 Å². The fraction of sp³-hybridized carbons (Fsp3) is 0.192. The minimum atomic E-state index is -0.117. The summed E-state index contributed by atoms with van der Waals surface area (Å²) >= 11 is 0. The second-order valence-electron chi connectivity index (χ2n) is 8.17. The highest BCUT2D eigenvalue weighted by Crippen LogP contribution is 2.29. The predicted molar refractivity (Wildman–Crippen MR) is 124 cm³/mol. The summed E-state index contributed by atoms with van der Waals surface area (Å²) in [7, 11) is 1.59. The Kier molecular flexibility index (Phi) is 5.52. The van der Waals surface area contributed by atoms with E-state index in [1.165, 1.54) is 0 Å². The van der Waals surface area contributed by atoms with Gasteiger partial charge in [-0.2, -0.15) is 0 Å². The summed E-state index contributed by atoms with van der Waals surface area (Å²) in [4.78, 5) is 31.3. The van der Waals surface area contributed by atoms with Crippen molar-refractivity contribution in [2.24, 2.45) is 0 Å². The number of pyridine rings is 1. The third-order valence-corrected chi connectivity index (χ3v) is 6.05. The third-order valence-electron chi connectivity index (χ3n) is 6.05. The lowest BCUT2D eigenvalue weighted by atomic mass is 9.90. The molecule has 1 aliphatic rings. The molecule has 5 rings (SSSR count). The van der Waals surface area contributed by atoms with Crippen LogP contribution in [0.3, 0.4) is 0 Å². The van der Waals surface area contributed by atoms with Crippen molar-refractivity contribution in [1.82, 2.24) is 19.6 Å². The van der Waals surface area contributed by atoms with E-state index in [2.05, 4.69) is 10.3 Å². The van der Waals surface area contributed by atoms with Crippen LogP contribution >= 0.6 is 0 Å². The molecule has 0 aliphatic carbocycles. The van der Waals surface area contributed by atoms with Gasteiger partial charge in [-0.3, -0.25) is 9.59 Å². The van der Waals surface area contributed by atoms with Crippen molar-refractivity contribution in [2.45, 2.75) is 12.5 Å². The van der Waals surface area contributed by atoms with Crippen molar-refractivity contribution in [2.75, 3.05) is 20.2 Å². The van der Waals surface area contributed by atoms with Gasteiger partial charge in [-0.1, -0.05) is 18.2 Å². The molecule has 0 radical (unpaired) electrons. The smallest absolute Gasteiger partial charge is 0.254 e. The fourth-order valence-corrected chi connectivity index (χ4v) is 4.05. The molecule has 0 spiro atoms. The van der Waals surface area contributed by atoms with Crippen LogP contribution in [0.5, 0.6) is 5.75 Å². The third kappa shape index (κ3) is 4.30. The molecule has 0 atom stereocenters. The van der Waals surface area contributed by atoms with E-state index in [0.29, 0.717) is 36.5 Å². The Morgan fingerprint density at radius 1 is 1.03 bits per heavy atom. The second kappa shape index (κ2) is 8.78. The zero-order valence-electron chi connectivity index (χ0n) is 18.3. The van der Waals surface area contributed by atoms with E-state index in [-0.39, 0.29) is 17.7 Å². The number of nitrogens with zero attached hydrogens (tertiary/aromatic N) is 3. The topological polar surface area (TPSA) is 75.9 Å². The number of hydrogen-bond donors (Lipinski definition) is 1. The highest BCUT2D eigenvalue weighted by Gasteiger charge is 2.32. The minimum absolute atomic E-state index is 0.00897. The minimum Gasteiger partial charge on any atom is -0.497 e. The molecule has 7 nitrogen and oxygen atoms in total. The molecule has 3 heterocycles. The van der Waals surface area contributed by atoms with Crippen molar-refractivity contribution in [3.8, 4) is 5.75 Å². The van der Waals surface area contributed by atoms with Crippen molar-refractivity contribution in [3.63, 3.8) is 0 Å². The van der Waals surface area contributed by atoms with Crippen molar-refractivity contribution in [1.29, 1.82) is 0 Å². The molecule has 0 unspecified atom stereocenters. The summed E-state index contributed by atoms with van der Waals surface area (Å²) in [5.41, 5.74) is 4.22. The van der Waals surface area contributed by atoms with Gasteiger partial charge >= 0.3 is 0 Å². The van der Waals surface area contributed by atoms with Crippen LogP contribution in [0.15, 0.2) is 79.3 Å². The summed E-state index contributed by atoms with van der Waals surface area (Å²) in [6.45, 7) is 1.77. The fourth-order valence-electron chi connectivity index (χ4n) is 4.05. The molecule has 7 heteroatoms. The molecule has 2 amide bonds. The molecule has 0 bridgehead atoms. The first kappa shape index (κ1) is 20.8. The lowest BCUT2D eigenvalue weighted by Crippen LogP contribution is -2.48. The first-order valence-electron chi connectivity index (χ1n) is 10.8. The normalized spacial score (nSPS) is 13.5. The number of hydrogen-bond acceptors (Lipinski definition) is 4. The van der Waals surface area contributed by atoms with E-state index in [0.717, 1.165) is 16.8 Å². The number of imidazole rings is 1. The highest BCUT2D eigenvalue weighted by molar-refractivity contribution is 5.95. The number of methoxy groups -OCH3 is 1. The molecular formula is C26H24N4O3. The van der Waals surface area contributed by atoms with Crippen molar-refractivity contribution in [3.05, 3.63) is 102 Å². The molecule has 0 saturated carbocycles. The zero-order valence-corrected chi connectivity index (χ0v) is 18.3. The van der Waals surface area contributed by atoms with Crippen molar-refractivity contribution < 1.29 is 14.3 Å². The van der Waals surface area contributed by atoms with Gasteiger partial charge in [0.05, 0.1) is 7.11 Å². The molecule has 33 heavy (non-hydrogen) atoms. The zero-order chi connectivity index (χ0) is 22.8. The molecule has 1 N–H and O–H groups in total. The predicted octanol–water partition coefficient (Wildman–Crippen LogP) is 3.51. The number of nitrogens with one attached hydrogen (secondary N) is 1. The molecule has 1 aliphatic heterocycles. The van der Waals surface area contributed by atoms with Crippen LogP contribution in [0.2, 0.25) is 0 Å². The van der Waals surface area contributed by atoms with Crippen LogP contribution in [-0.4, -0.2) is 46.3 Å². The Morgan fingerprint density at radius 2 is 1.85 bits per heavy atom. The summed E-state index contributed by atoms with van der Waals surface area (Å²) in [6, 6.07) is 18.8. The van der Waals surface area contributed by atoms with E-state index in [9.17, 15) is 9.59 Å². The van der Waals surface area contributed by atoms with Crippen molar-refractivity contribution >= 4 is 17.5 Å². The summed E-state index contributed by atoms with van der Waals surface area (Å²) < 4.78 is 7.13. The first-order chi connectivity index (χ1) is 16.1. The average Bonchev–Trinajstić information content (AvgIpc) is 3.30. The Morgan fingerprint density at radius 3 is 2.64 bits per heavy atom. The van der Waals surface area contributed by atoms with Gasteiger partial charge in [-0.05, 0) is 53.6 Å². The number of carbonyl (C=O) groups is 2. The van der Waals surface area contributed by atoms with Crippen LogP contribution < -0.4 is 10.1 Å². The number of fused-ring (bicyclic) bond motifs is 1. The molecule has 2 aromatic carbocycles. The molecule has 1 fully saturated rings. The number of aromatic nitrogens is 2. The van der Waals surface area contributed by atoms with E-state index in [1.807, 2.05) is 70.2 Å². The molecule has 2 aromatic heterocycles.